The van der Waals surface area contributed by atoms with Crippen molar-refractivity contribution in [1.29, 1.82) is 0 Å². The van der Waals surface area contributed by atoms with E-state index in [9.17, 15) is 43.5 Å². The van der Waals surface area contributed by atoms with E-state index in [2.05, 4.69) is 57.5 Å². The van der Waals surface area contributed by atoms with Gasteiger partial charge in [0.05, 0.1) is 62.8 Å². The quantitative estimate of drug-likeness (QED) is 0.0434. The molecule has 26 heteroatoms. The Morgan fingerprint density at radius 3 is 2.21 bits per heavy atom. The fourth-order valence-electron chi connectivity index (χ4n) is 8.48. The van der Waals surface area contributed by atoms with E-state index in [4.69, 9.17) is 19.9 Å². The molecule has 0 radical (unpaired) electrons. The maximum absolute atomic E-state index is 14.1. The number of aliphatic hydroxyl groups excluding tert-OH is 1. The van der Waals surface area contributed by atoms with Gasteiger partial charge >= 0.3 is 0 Å². The number of imidazole rings is 1. The Morgan fingerprint density at radius 2 is 1.55 bits per heavy atom. The van der Waals surface area contributed by atoms with Crippen LogP contribution in [0.2, 0.25) is 0 Å². The van der Waals surface area contributed by atoms with Crippen LogP contribution in [0.5, 0.6) is 0 Å². The number of nitrogens with zero attached hydrogens (tertiary/aromatic N) is 5. The van der Waals surface area contributed by atoms with Crippen molar-refractivity contribution in [3.8, 4) is 0 Å². The van der Waals surface area contributed by atoms with Gasteiger partial charge in [-0.15, -0.1) is 5.10 Å². The molecule has 7 amide bonds. The number of nitrogens with two attached hydrogens (primary N) is 1. The zero-order valence-corrected chi connectivity index (χ0v) is 44.6. The average Bonchev–Trinajstić information content (AvgIpc) is 4.20. The number of carbonyl (C=O) groups is 7. The summed E-state index contributed by atoms with van der Waals surface area (Å²) in [5.41, 5.74) is 6.75. The fourth-order valence-corrected chi connectivity index (χ4v) is 8.48. The summed E-state index contributed by atoms with van der Waals surface area (Å²) in [6.07, 6.45) is 8.85. The minimum absolute atomic E-state index is 0.0586. The summed E-state index contributed by atoms with van der Waals surface area (Å²) >= 11 is 0. The van der Waals surface area contributed by atoms with Gasteiger partial charge in [-0.25, -0.2) is 9.78 Å². The van der Waals surface area contributed by atoms with Gasteiger partial charge in [0.25, 0.3) is 0 Å². The number of nitrogens with one attached hydrogen (secondary N) is 8. The predicted octanol–water partition coefficient (Wildman–Crippen LogP) is -1.79. The molecule has 0 aliphatic carbocycles. The lowest BCUT2D eigenvalue weighted by Crippen LogP contribution is -2.58. The molecular weight excluding hydrogens is 989 g/mol. The molecule has 4 unspecified atom stereocenters. The van der Waals surface area contributed by atoms with Gasteiger partial charge in [0, 0.05) is 71.0 Å². The Kier molecular flexibility index (Phi) is 28.1. The van der Waals surface area contributed by atoms with Crippen LogP contribution < -0.4 is 43.0 Å². The molecule has 4 heterocycles. The molecule has 2 aromatic heterocycles. The normalized spacial score (nSPS) is 22.3. The molecule has 26 nitrogen and oxygen atoms in total. The second kappa shape index (κ2) is 34.4. The molecule has 0 spiro atoms. The first-order valence-electron chi connectivity index (χ1n) is 26.7. The summed E-state index contributed by atoms with van der Waals surface area (Å²) in [6.45, 7) is 10.4. The number of aromatic nitrogens is 5. The Bertz CT molecular complexity index is 2170. The molecular formula is C50H82N14O12. The molecule has 11 N–H and O–H groups in total. The van der Waals surface area contributed by atoms with Crippen LogP contribution >= 0.6 is 0 Å². The van der Waals surface area contributed by atoms with Crippen LogP contribution in [-0.4, -0.2) is 190 Å². The van der Waals surface area contributed by atoms with Crippen molar-refractivity contribution in [3.63, 3.8) is 0 Å². The molecule has 76 heavy (non-hydrogen) atoms. The van der Waals surface area contributed by atoms with E-state index < -0.39 is 84.3 Å². The van der Waals surface area contributed by atoms with Crippen molar-refractivity contribution in [2.75, 3.05) is 65.8 Å². The number of aryl methyl sites for hydroxylation is 1. The van der Waals surface area contributed by atoms with Crippen molar-refractivity contribution in [2.45, 2.75) is 160 Å². The number of aliphatic hydroxyl groups is 1. The van der Waals surface area contributed by atoms with Gasteiger partial charge in [0.1, 0.15) is 41.8 Å². The third kappa shape index (κ3) is 22.5. The van der Waals surface area contributed by atoms with Crippen molar-refractivity contribution >= 4 is 47.3 Å². The highest BCUT2D eigenvalue weighted by Gasteiger charge is 2.37. The number of hydrogen-bond donors (Lipinski definition) is 10. The van der Waals surface area contributed by atoms with Crippen LogP contribution in [0.1, 0.15) is 110 Å². The summed E-state index contributed by atoms with van der Waals surface area (Å²) in [5, 5.41) is 38.5. The van der Waals surface area contributed by atoms with E-state index in [1.54, 1.807) is 23.0 Å². The monoisotopic (exact) mass is 1070 g/mol. The van der Waals surface area contributed by atoms with Gasteiger partial charge in [-0.2, -0.15) is 0 Å². The molecule has 4 rings (SSSR count). The maximum Gasteiger partial charge on any atom is 0.243 e. The Hall–Kier alpha value is -6.31. The number of ether oxygens (including phenoxy) is 3. The second-order valence-electron chi connectivity index (χ2n) is 19.5. The predicted molar refractivity (Wildman–Crippen MR) is 276 cm³/mol. The standard InChI is InChI=1S/C50H82N14O12/c1-5-6-14-43(67)53-15-10-19-74-21-23-76-24-22-75-20-11-16-54-47(70)38-12-7-8-17-63-30-36(61-62-63)26-37(51)46(69)60-45(34(4)66)41(31-65)57-39(25-33(2)3)49(72)59-40(27-35-28-52-32-56-35)48(71)55-29-44(68)64-18-9-13-42(64)50(73)58-38/h28,30,32-34,37-40,42,45,57,66H,5-27,29,51H2,1-4H3,(H,52,56)(H,53,67)(H,54,70)(H,55,71)(H,58,73)(H,59,72)(H,60,69)/t34-,37-,38-,39?,40?,42?,45?/m0/s1. The Morgan fingerprint density at radius 1 is 0.842 bits per heavy atom. The first-order chi connectivity index (χ1) is 36.6. The van der Waals surface area contributed by atoms with E-state index in [0.717, 1.165) is 19.3 Å². The molecule has 7 atom stereocenters. The number of carbonyl (C=O) groups excluding carboxylic acids is 8. The van der Waals surface area contributed by atoms with E-state index in [1.807, 2.05) is 20.8 Å². The third-order valence-electron chi connectivity index (χ3n) is 12.6. The Labute approximate surface area is 444 Å². The summed E-state index contributed by atoms with van der Waals surface area (Å²) in [4.78, 5) is 115. The molecule has 0 aromatic carbocycles. The van der Waals surface area contributed by atoms with Gasteiger partial charge in [-0.1, -0.05) is 32.4 Å². The van der Waals surface area contributed by atoms with Gasteiger partial charge in [0.2, 0.25) is 41.4 Å². The summed E-state index contributed by atoms with van der Waals surface area (Å²) in [5.74, 6) is -2.02. The van der Waals surface area contributed by atoms with E-state index in [1.165, 1.54) is 18.2 Å². The van der Waals surface area contributed by atoms with Crippen molar-refractivity contribution in [2.24, 2.45) is 11.7 Å². The third-order valence-corrected chi connectivity index (χ3v) is 12.6. The largest absolute Gasteiger partial charge is 0.391 e. The minimum Gasteiger partial charge on any atom is -0.391 e. The zero-order chi connectivity index (χ0) is 55.2. The highest BCUT2D eigenvalue weighted by molar-refractivity contribution is 5.95. The van der Waals surface area contributed by atoms with Crippen LogP contribution in [0.25, 0.3) is 0 Å². The summed E-state index contributed by atoms with van der Waals surface area (Å²) in [7, 11) is 0. The van der Waals surface area contributed by atoms with Gasteiger partial charge in [0.15, 0.2) is 0 Å². The molecule has 1 saturated heterocycles. The Balaban J connectivity index is 1.41. The molecule has 2 aliphatic heterocycles. The summed E-state index contributed by atoms with van der Waals surface area (Å²) in [6, 6.07) is -6.89. The summed E-state index contributed by atoms with van der Waals surface area (Å²) < 4.78 is 18.4. The SMILES string of the molecule is CCCCC(=O)NCCCOCCOCCOCCCNC(=O)[C@@H]1CCCCn2cc(nn2)C[C@H](N)C(=O)NC([C@H](C)O)C(=C=O)NC(CC(C)C)C(=O)NC(Cc2c[nH]cn2)C(=O)NCC(=O)N2CCCC2C(=O)N1. The lowest BCUT2D eigenvalue weighted by Gasteiger charge is -2.29. The van der Waals surface area contributed by atoms with Crippen LogP contribution in [0.4, 0.5) is 0 Å². The molecule has 0 saturated carbocycles. The number of unbranched alkanes of at least 4 members (excludes halogenated alkanes) is 1. The first-order valence-corrected chi connectivity index (χ1v) is 26.7. The smallest absolute Gasteiger partial charge is 0.243 e. The fraction of sp³-hybridized carbons (Fsp3) is 0.720. The molecule has 424 valence electrons. The van der Waals surface area contributed by atoms with Crippen molar-refractivity contribution in [1.82, 2.24) is 67.1 Å². The highest BCUT2D eigenvalue weighted by Crippen LogP contribution is 2.19. The first kappa shape index (κ1) is 62.2. The molecule has 2 aliphatic rings. The number of amides is 7. The zero-order valence-electron chi connectivity index (χ0n) is 44.6. The molecule has 1 fully saturated rings. The van der Waals surface area contributed by atoms with Crippen LogP contribution in [0, 0.1) is 5.92 Å². The van der Waals surface area contributed by atoms with Crippen molar-refractivity contribution in [3.05, 3.63) is 35.8 Å². The van der Waals surface area contributed by atoms with Crippen molar-refractivity contribution < 1.29 is 57.7 Å². The van der Waals surface area contributed by atoms with Gasteiger partial charge in [-0.05, 0) is 70.6 Å². The molecule has 2 aromatic rings. The highest BCUT2D eigenvalue weighted by atomic mass is 16.5. The minimum atomic E-state index is -1.37. The van der Waals surface area contributed by atoms with Gasteiger partial charge in [-0.3, -0.25) is 38.2 Å². The lowest BCUT2D eigenvalue weighted by atomic mass is 10.00. The van der Waals surface area contributed by atoms with E-state index in [-0.39, 0.29) is 56.3 Å². The van der Waals surface area contributed by atoms with Crippen LogP contribution in [0.15, 0.2) is 24.4 Å². The van der Waals surface area contributed by atoms with E-state index >= 15 is 0 Å². The number of fused-ring (bicyclic) bond motifs is 3. The van der Waals surface area contributed by atoms with Crippen LogP contribution in [-0.2, 0) is 72.0 Å². The maximum atomic E-state index is 14.1. The van der Waals surface area contributed by atoms with E-state index in [0.29, 0.717) is 103 Å². The average molecular weight is 1070 g/mol. The number of hydrogen-bond acceptors (Lipinski definition) is 17. The number of aromatic amines is 1. The van der Waals surface area contributed by atoms with Gasteiger partial charge < -0.3 is 72.2 Å². The van der Waals surface area contributed by atoms with Crippen LogP contribution in [0.3, 0.4) is 0 Å². The molecule has 2 bridgehead atoms. The lowest BCUT2D eigenvalue weighted by molar-refractivity contribution is -0.140. The second-order valence-corrected chi connectivity index (χ2v) is 19.5. The topological polar surface area (TPSA) is 357 Å². The number of rotatable bonds is 23. The number of H-pyrrole nitrogens is 1.